The Morgan fingerprint density at radius 1 is 1.42 bits per heavy atom. The topological polar surface area (TPSA) is 50.8 Å². The number of hydrogen-bond donors (Lipinski definition) is 1. The number of methoxy groups -OCH3 is 1. The molecule has 1 aromatic rings. The van der Waals surface area contributed by atoms with Crippen LogP contribution in [0.15, 0.2) is 18.2 Å². The fourth-order valence-electron chi connectivity index (χ4n) is 3.76. The third kappa shape index (κ3) is 3.66. The van der Waals surface area contributed by atoms with E-state index in [2.05, 4.69) is 31.1 Å². The van der Waals surface area contributed by atoms with Crippen molar-refractivity contribution in [1.29, 1.82) is 0 Å². The van der Waals surface area contributed by atoms with E-state index in [1.54, 1.807) is 7.11 Å². The van der Waals surface area contributed by atoms with Crippen LogP contribution >= 0.6 is 0 Å². The lowest BCUT2D eigenvalue weighted by Crippen LogP contribution is -2.46. The molecular weight excluding hydrogens is 304 g/mol. The van der Waals surface area contributed by atoms with Crippen molar-refractivity contribution < 1.29 is 14.3 Å². The first kappa shape index (κ1) is 17.1. The normalized spacial score (nSPS) is 26.2. The molecule has 1 amide bonds. The zero-order valence-electron chi connectivity index (χ0n) is 15.1. The van der Waals surface area contributed by atoms with Gasteiger partial charge in [-0.2, -0.15) is 0 Å². The van der Waals surface area contributed by atoms with Gasteiger partial charge in [-0.1, -0.05) is 0 Å². The maximum atomic E-state index is 12.8. The van der Waals surface area contributed by atoms with Crippen molar-refractivity contribution >= 4 is 5.91 Å². The number of nitrogens with one attached hydrogen (secondary N) is 1. The van der Waals surface area contributed by atoms with E-state index in [0.717, 1.165) is 49.4 Å². The van der Waals surface area contributed by atoms with E-state index < -0.39 is 0 Å². The molecule has 0 aromatic heterocycles. The Bertz CT molecular complexity index is 615. The van der Waals surface area contributed by atoms with Gasteiger partial charge in [0, 0.05) is 24.6 Å². The minimum atomic E-state index is -0.319. The van der Waals surface area contributed by atoms with Crippen LogP contribution in [0.25, 0.3) is 0 Å². The molecule has 1 N–H and O–H groups in total. The van der Waals surface area contributed by atoms with Crippen molar-refractivity contribution in [1.82, 2.24) is 10.2 Å². The van der Waals surface area contributed by atoms with Gasteiger partial charge in [-0.05, 0) is 52.4 Å². The summed E-state index contributed by atoms with van der Waals surface area (Å²) in [7, 11) is 3.73. The Morgan fingerprint density at radius 2 is 2.21 bits per heavy atom. The molecule has 0 radical (unpaired) electrons. The maximum absolute atomic E-state index is 12.8. The highest BCUT2D eigenvalue weighted by Crippen LogP contribution is 2.41. The van der Waals surface area contributed by atoms with Crippen LogP contribution in [-0.2, 0) is 4.79 Å². The summed E-state index contributed by atoms with van der Waals surface area (Å²) in [5.41, 5.74) is 0.716. The van der Waals surface area contributed by atoms with Gasteiger partial charge >= 0.3 is 0 Å². The quantitative estimate of drug-likeness (QED) is 0.925. The van der Waals surface area contributed by atoms with Crippen molar-refractivity contribution in [3.8, 4) is 11.5 Å². The van der Waals surface area contributed by atoms with Crippen LogP contribution in [0.1, 0.15) is 44.7 Å². The Morgan fingerprint density at radius 3 is 2.92 bits per heavy atom. The van der Waals surface area contributed by atoms with E-state index in [-0.39, 0.29) is 23.5 Å². The monoisotopic (exact) mass is 332 g/mol. The Balaban J connectivity index is 1.79. The molecule has 0 aliphatic carbocycles. The van der Waals surface area contributed by atoms with Crippen molar-refractivity contribution in [2.45, 2.75) is 44.8 Å². The van der Waals surface area contributed by atoms with Gasteiger partial charge in [0.15, 0.2) is 0 Å². The lowest BCUT2D eigenvalue weighted by atomic mass is 9.88. The largest absolute Gasteiger partial charge is 0.497 e. The molecule has 2 aliphatic rings. The van der Waals surface area contributed by atoms with Gasteiger partial charge in [0.25, 0.3) is 0 Å². The Labute approximate surface area is 144 Å². The van der Waals surface area contributed by atoms with Crippen molar-refractivity contribution in [2.24, 2.45) is 5.92 Å². The lowest BCUT2D eigenvalue weighted by molar-refractivity contribution is -0.127. The number of fused-ring (bicyclic) bond motifs is 1. The van der Waals surface area contributed by atoms with Crippen LogP contribution in [0.3, 0.4) is 0 Å². The lowest BCUT2D eigenvalue weighted by Gasteiger charge is -2.39. The maximum Gasteiger partial charge on any atom is 0.224 e. The highest BCUT2D eigenvalue weighted by atomic mass is 16.5. The zero-order valence-corrected chi connectivity index (χ0v) is 15.1. The summed E-state index contributed by atoms with van der Waals surface area (Å²) >= 11 is 0. The number of ether oxygens (including phenoxy) is 2. The van der Waals surface area contributed by atoms with Crippen molar-refractivity contribution in [2.75, 3.05) is 27.2 Å². The molecule has 0 saturated carbocycles. The van der Waals surface area contributed by atoms with E-state index in [4.69, 9.17) is 9.47 Å². The van der Waals surface area contributed by atoms with Crippen molar-refractivity contribution in [3.05, 3.63) is 23.8 Å². The standard InChI is InChI=1S/C19H28N2O3/c1-19(2)11-16(15-8-7-14(23-4)10-17(15)24-19)20-18(22)13-6-5-9-21(3)12-13/h7-8,10,13,16H,5-6,9,11-12H2,1-4H3,(H,20,22)/t13-,16-/m0/s1. The van der Waals surface area contributed by atoms with Gasteiger partial charge in [-0.3, -0.25) is 4.79 Å². The first-order valence-corrected chi connectivity index (χ1v) is 8.74. The van der Waals surface area contributed by atoms with Gasteiger partial charge < -0.3 is 19.7 Å². The molecule has 24 heavy (non-hydrogen) atoms. The molecule has 1 aromatic carbocycles. The molecule has 2 heterocycles. The number of hydrogen-bond acceptors (Lipinski definition) is 4. The zero-order chi connectivity index (χ0) is 17.3. The van der Waals surface area contributed by atoms with E-state index >= 15 is 0 Å². The molecule has 0 bridgehead atoms. The summed E-state index contributed by atoms with van der Waals surface area (Å²) in [6.07, 6.45) is 2.82. The summed E-state index contributed by atoms with van der Waals surface area (Å²) in [4.78, 5) is 15.0. The molecule has 1 fully saturated rings. The van der Waals surface area contributed by atoms with Crippen LogP contribution in [-0.4, -0.2) is 43.7 Å². The average molecular weight is 332 g/mol. The fraction of sp³-hybridized carbons (Fsp3) is 0.632. The minimum absolute atomic E-state index is 0.0191. The molecule has 0 spiro atoms. The van der Waals surface area contributed by atoms with E-state index in [1.165, 1.54) is 0 Å². The molecular formula is C19H28N2O3. The van der Waals surface area contributed by atoms with Crippen LogP contribution in [0.4, 0.5) is 0 Å². The molecule has 2 atom stereocenters. The van der Waals surface area contributed by atoms with Crippen LogP contribution in [0.2, 0.25) is 0 Å². The summed E-state index contributed by atoms with van der Waals surface area (Å²) in [5, 5.41) is 3.27. The Kier molecular flexibility index (Phi) is 4.72. The first-order chi connectivity index (χ1) is 11.4. The SMILES string of the molecule is COc1ccc2c(c1)OC(C)(C)C[C@@H]2NC(=O)[C@H]1CCCN(C)C1. The van der Waals surface area contributed by atoms with Gasteiger partial charge in [0.05, 0.1) is 19.1 Å². The van der Waals surface area contributed by atoms with E-state index in [0.29, 0.717) is 0 Å². The summed E-state index contributed by atoms with van der Waals surface area (Å²) in [6.45, 7) is 6.04. The van der Waals surface area contributed by atoms with E-state index in [9.17, 15) is 4.79 Å². The second kappa shape index (κ2) is 6.63. The van der Waals surface area contributed by atoms with Crippen LogP contribution < -0.4 is 14.8 Å². The molecule has 5 heteroatoms. The van der Waals surface area contributed by atoms with Gasteiger partial charge in [-0.15, -0.1) is 0 Å². The van der Waals surface area contributed by atoms with E-state index in [1.807, 2.05) is 18.2 Å². The first-order valence-electron chi connectivity index (χ1n) is 8.74. The number of carbonyl (C=O) groups is 1. The van der Waals surface area contributed by atoms with Crippen LogP contribution in [0, 0.1) is 5.92 Å². The molecule has 1 saturated heterocycles. The van der Waals surface area contributed by atoms with Crippen LogP contribution in [0.5, 0.6) is 11.5 Å². The smallest absolute Gasteiger partial charge is 0.224 e. The average Bonchev–Trinajstić information content (AvgIpc) is 2.53. The second-order valence-corrected chi connectivity index (χ2v) is 7.63. The van der Waals surface area contributed by atoms with Gasteiger partial charge in [0.1, 0.15) is 17.1 Å². The Hall–Kier alpha value is -1.75. The number of carbonyl (C=O) groups excluding carboxylic acids is 1. The molecule has 3 rings (SSSR count). The fourth-order valence-corrected chi connectivity index (χ4v) is 3.76. The number of amides is 1. The number of rotatable bonds is 3. The number of nitrogens with zero attached hydrogens (tertiary/aromatic N) is 1. The van der Waals surface area contributed by atoms with Crippen molar-refractivity contribution in [3.63, 3.8) is 0 Å². The van der Waals surface area contributed by atoms with Gasteiger partial charge in [0.2, 0.25) is 5.91 Å². The number of piperidine rings is 1. The molecule has 132 valence electrons. The van der Waals surface area contributed by atoms with Gasteiger partial charge in [-0.25, -0.2) is 0 Å². The highest BCUT2D eigenvalue weighted by Gasteiger charge is 2.36. The summed E-state index contributed by atoms with van der Waals surface area (Å²) < 4.78 is 11.4. The minimum Gasteiger partial charge on any atom is -0.497 e. The number of likely N-dealkylation sites (tertiary alicyclic amines) is 1. The second-order valence-electron chi connectivity index (χ2n) is 7.63. The number of benzene rings is 1. The predicted molar refractivity (Wildman–Crippen MR) is 93.4 cm³/mol. The molecule has 2 aliphatic heterocycles. The molecule has 0 unspecified atom stereocenters. The third-order valence-electron chi connectivity index (χ3n) is 4.99. The summed E-state index contributed by atoms with van der Waals surface area (Å²) in [6, 6.07) is 5.81. The molecule has 5 nitrogen and oxygen atoms in total. The summed E-state index contributed by atoms with van der Waals surface area (Å²) in [5.74, 6) is 1.81. The third-order valence-corrected chi connectivity index (χ3v) is 4.99. The highest BCUT2D eigenvalue weighted by molar-refractivity contribution is 5.79. The predicted octanol–water partition coefficient (Wildman–Crippen LogP) is 2.76.